The highest BCUT2D eigenvalue weighted by atomic mass is 35.5. The summed E-state index contributed by atoms with van der Waals surface area (Å²) in [5, 5.41) is 3.57. The molecule has 1 atom stereocenters. The van der Waals surface area contributed by atoms with E-state index in [2.05, 4.69) is 5.32 Å². The topological polar surface area (TPSA) is 49.4 Å². The van der Waals surface area contributed by atoms with Gasteiger partial charge in [-0.05, 0) is 36.2 Å². The van der Waals surface area contributed by atoms with Crippen molar-refractivity contribution in [2.45, 2.75) is 19.9 Å². The number of aryl methyl sites for hydroxylation is 1. The zero-order valence-corrected chi connectivity index (χ0v) is 14.2. The highest BCUT2D eigenvalue weighted by molar-refractivity contribution is 6.30. The lowest BCUT2D eigenvalue weighted by Gasteiger charge is -2.19. The smallest absolute Gasteiger partial charge is 0.227 e. The van der Waals surface area contributed by atoms with Gasteiger partial charge in [-0.15, -0.1) is 0 Å². The number of carbonyl (C=O) groups excluding carboxylic acids is 2. The van der Waals surface area contributed by atoms with Crippen LogP contribution in [0.25, 0.3) is 0 Å². The first-order valence-electron chi connectivity index (χ1n) is 7.93. The minimum atomic E-state index is -0.315. The van der Waals surface area contributed by atoms with Crippen LogP contribution in [0.1, 0.15) is 17.5 Å². The van der Waals surface area contributed by atoms with Crippen LogP contribution in [0.3, 0.4) is 0 Å². The van der Waals surface area contributed by atoms with E-state index in [1.807, 2.05) is 43.3 Å². The minimum absolute atomic E-state index is 0.00376. The van der Waals surface area contributed by atoms with Crippen LogP contribution in [-0.2, 0) is 16.1 Å². The van der Waals surface area contributed by atoms with E-state index in [1.165, 1.54) is 0 Å². The Morgan fingerprint density at radius 2 is 1.92 bits per heavy atom. The van der Waals surface area contributed by atoms with Crippen LogP contribution < -0.4 is 10.2 Å². The van der Waals surface area contributed by atoms with Gasteiger partial charge in [0.15, 0.2) is 0 Å². The maximum absolute atomic E-state index is 12.4. The number of nitrogens with zero attached hydrogens (tertiary/aromatic N) is 1. The molecule has 0 spiro atoms. The molecular formula is C19H19ClN2O2. The number of amides is 2. The van der Waals surface area contributed by atoms with Gasteiger partial charge in [0.2, 0.25) is 11.8 Å². The number of anilines is 1. The Kier molecular flexibility index (Phi) is 4.86. The summed E-state index contributed by atoms with van der Waals surface area (Å²) in [6, 6.07) is 15.1. The van der Waals surface area contributed by atoms with Crippen LogP contribution in [0.5, 0.6) is 0 Å². The SMILES string of the molecule is Cc1ccccc1N1C[C@H](C(=O)NCc2ccc(Cl)cc2)CC1=O. The van der Waals surface area contributed by atoms with Crippen molar-refractivity contribution in [2.24, 2.45) is 5.92 Å². The molecule has 1 heterocycles. The van der Waals surface area contributed by atoms with Crippen LogP contribution in [0.15, 0.2) is 48.5 Å². The van der Waals surface area contributed by atoms with E-state index in [1.54, 1.807) is 17.0 Å². The van der Waals surface area contributed by atoms with Crippen molar-refractivity contribution in [3.05, 3.63) is 64.7 Å². The van der Waals surface area contributed by atoms with Gasteiger partial charge in [0, 0.05) is 30.2 Å². The monoisotopic (exact) mass is 342 g/mol. The van der Waals surface area contributed by atoms with Gasteiger partial charge in [-0.1, -0.05) is 41.9 Å². The normalized spacial score (nSPS) is 17.2. The van der Waals surface area contributed by atoms with Crippen molar-refractivity contribution in [2.75, 3.05) is 11.4 Å². The van der Waals surface area contributed by atoms with Crippen molar-refractivity contribution >= 4 is 29.1 Å². The van der Waals surface area contributed by atoms with Crippen LogP contribution in [0.4, 0.5) is 5.69 Å². The summed E-state index contributed by atoms with van der Waals surface area (Å²) in [6.07, 6.45) is 0.251. The highest BCUT2D eigenvalue weighted by Gasteiger charge is 2.35. The lowest BCUT2D eigenvalue weighted by molar-refractivity contribution is -0.126. The van der Waals surface area contributed by atoms with Gasteiger partial charge in [-0.3, -0.25) is 9.59 Å². The van der Waals surface area contributed by atoms with E-state index < -0.39 is 0 Å². The van der Waals surface area contributed by atoms with Gasteiger partial charge >= 0.3 is 0 Å². The average Bonchev–Trinajstić information content (AvgIpc) is 2.96. The molecule has 0 aromatic heterocycles. The second kappa shape index (κ2) is 7.05. The van der Waals surface area contributed by atoms with Crippen LogP contribution in [-0.4, -0.2) is 18.4 Å². The molecule has 2 aromatic rings. The molecule has 1 aliphatic rings. The van der Waals surface area contributed by atoms with E-state index >= 15 is 0 Å². The molecule has 124 valence electrons. The standard InChI is InChI=1S/C19H19ClN2O2/c1-13-4-2-3-5-17(13)22-12-15(10-18(22)23)19(24)21-11-14-6-8-16(20)9-7-14/h2-9,15H,10-12H2,1H3,(H,21,24)/t15-/m1/s1. The van der Waals surface area contributed by atoms with Crippen molar-refractivity contribution in [1.29, 1.82) is 0 Å². The predicted octanol–water partition coefficient (Wildman–Crippen LogP) is 3.32. The molecule has 1 N–H and O–H groups in total. The molecule has 5 heteroatoms. The molecule has 2 aromatic carbocycles. The molecular weight excluding hydrogens is 324 g/mol. The maximum atomic E-state index is 12.4. The summed E-state index contributed by atoms with van der Waals surface area (Å²) in [6.45, 7) is 2.83. The summed E-state index contributed by atoms with van der Waals surface area (Å²) in [7, 11) is 0. The molecule has 0 radical (unpaired) electrons. The number of halogens is 1. The first-order valence-corrected chi connectivity index (χ1v) is 8.30. The Bertz CT molecular complexity index is 758. The molecule has 24 heavy (non-hydrogen) atoms. The third kappa shape index (κ3) is 3.60. The molecule has 0 unspecified atom stereocenters. The quantitative estimate of drug-likeness (QED) is 0.926. The van der Waals surface area contributed by atoms with Crippen molar-refractivity contribution in [3.8, 4) is 0 Å². The fraction of sp³-hybridized carbons (Fsp3) is 0.263. The molecule has 0 bridgehead atoms. The average molecular weight is 343 g/mol. The van der Waals surface area contributed by atoms with E-state index in [0.717, 1.165) is 16.8 Å². The van der Waals surface area contributed by atoms with Gasteiger partial charge < -0.3 is 10.2 Å². The van der Waals surface area contributed by atoms with Gasteiger partial charge in [0.1, 0.15) is 0 Å². The molecule has 1 aliphatic heterocycles. The molecule has 3 rings (SSSR count). The number of hydrogen-bond donors (Lipinski definition) is 1. The van der Waals surface area contributed by atoms with Crippen molar-refractivity contribution in [1.82, 2.24) is 5.32 Å². The Morgan fingerprint density at radius 3 is 2.62 bits per heavy atom. The lowest BCUT2D eigenvalue weighted by atomic mass is 10.1. The third-order valence-electron chi connectivity index (χ3n) is 4.28. The number of hydrogen-bond acceptors (Lipinski definition) is 2. The van der Waals surface area contributed by atoms with Gasteiger partial charge in [0.25, 0.3) is 0 Å². The number of para-hydroxylation sites is 1. The molecule has 0 aliphatic carbocycles. The van der Waals surface area contributed by atoms with Gasteiger partial charge in [-0.2, -0.15) is 0 Å². The Balaban J connectivity index is 1.62. The fourth-order valence-electron chi connectivity index (χ4n) is 2.92. The third-order valence-corrected chi connectivity index (χ3v) is 4.53. The highest BCUT2D eigenvalue weighted by Crippen LogP contribution is 2.27. The number of nitrogens with one attached hydrogen (secondary N) is 1. The summed E-state index contributed by atoms with van der Waals surface area (Å²) in [5.74, 6) is -0.408. The van der Waals surface area contributed by atoms with Crippen molar-refractivity contribution in [3.63, 3.8) is 0 Å². The van der Waals surface area contributed by atoms with E-state index in [-0.39, 0.29) is 24.2 Å². The first kappa shape index (κ1) is 16.5. The second-order valence-electron chi connectivity index (χ2n) is 6.04. The molecule has 2 amide bonds. The zero-order chi connectivity index (χ0) is 17.1. The summed E-state index contributed by atoms with van der Waals surface area (Å²) >= 11 is 5.85. The largest absolute Gasteiger partial charge is 0.352 e. The summed E-state index contributed by atoms with van der Waals surface area (Å²) in [5.41, 5.74) is 2.90. The van der Waals surface area contributed by atoms with Crippen LogP contribution in [0, 0.1) is 12.8 Å². The van der Waals surface area contributed by atoms with Crippen LogP contribution >= 0.6 is 11.6 Å². The van der Waals surface area contributed by atoms with E-state index in [4.69, 9.17) is 11.6 Å². The Morgan fingerprint density at radius 1 is 1.21 bits per heavy atom. The Labute approximate surface area is 146 Å². The van der Waals surface area contributed by atoms with Crippen LogP contribution in [0.2, 0.25) is 5.02 Å². The predicted molar refractivity (Wildman–Crippen MR) is 94.9 cm³/mol. The molecule has 4 nitrogen and oxygen atoms in total. The fourth-order valence-corrected chi connectivity index (χ4v) is 3.04. The van der Waals surface area contributed by atoms with E-state index in [9.17, 15) is 9.59 Å². The zero-order valence-electron chi connectivity index (χ0n) is 13.5. The minimum Gasteiger partial charge on any atom is -0.352 e. The summed E-state index contributed by atoms with van der Waals surface area (Å²) in [4.78, 5) is 26.4. The van der Waals surface area contributed by atoms with Crippen molar-refractivity contribution < 1.29 is 9.59 Å². The summed E-state index contributed by atoms with van der Waals surface area (Å²) < 4.78 is 0. The number of carbonyl (C=O) groups is 2. The second-order valence-corrected chi connectivity index (χ2v) is 6.47. The molecule has 1 saturated heterocycles. The van der Waals surface area contributed by atoms with E-state index in [0.29, 0.717) is 18.1 Å². The molecule has 0 saturated carbocycles. The number of rotatable bonds is 4. The maximum Gasteiger partial charge on any atom is 0.227 e. The number of benzene rings is 2. The Hall–Kier alpha value is -2.33. The van der Waals surface area contributed by atoms with Gasteiger partial charge in [0.05, 0.1) is 5.92 Å². The lowest BCUT2D eigenvalue weighted by Crippen LogP contribution is -2.32. The molecule has 1 fully saturated rings. The van der Waals surface area contributed by atoms with Gasteiger partial charge in [-0.25, -0.2) is 0 Å². The first-order chi connectivity index (χ1) is 11.5.